The lowest BCUT2D eigenvalue weighted by atomic mass is 10.1. The molecule has 0 aliphatic rings. The van der Waals surface area contributed by atoms with Crippen LogP contribution in [0.4, 0.5) is 0 Å². The van der Waals surface area contributed by atoms with Crippen molar-refractivity contribution in [3.8, 4) is 28.8 Å². The summed E-state index contributed by atoms with van der Waals surface area (Å²) < 4.78 is 7.01. The van der Waals surface area contributed by atoms with Crippen molar-refractivity contribution in [1.29, 1.82) is 0 Å². The zero-order chi connectivity index (χ0) is 17.9. The van der Waals surface area contributed by atoms with Crippen LogP contribution in [-0.4, -0.2) is 31.4 Å². The normalized spacial score (nSPS) is 10.9. The van der Waals surface area contributed by atoms with Crippen LogP contribution in [0.25, 0.3) is 22.2 Å². The van der Waals surface area contributed by atoms with E-state index < -0.39 is 0 Å². The Bertz CT molecular complexity index is 1020. The third-order valence-corrected chi connectivity index (χ3v) is 4.16. The number of para-hydroxylation sites is 1. The lowest BCUT2D eigenvalue weighted by Crippen LogP contribution is -2.07. The predicted octanol–water partition coefficient (Wildman–Crippen LogP) is 3.59. The van der Waals surface area contributed by atoms with Crippen LogP contribution in [0.1, 0.15) is 0 Å². The molecular weight excluding hydrogens is 330 g/mol. The van der Waals surface area contributed by atoms with Gasteiger partial charge in [-0.15, -0.1) is 0 Å². The van der Waals surface area contributed by atoms with Gasteiger partial charge in [-0.25, -0.2) is 0 Å². The summed E-state index contributed by atoms with van der Waals surface area (Å²) in [5, 5.41) is 20.3. The Balaban J connectivity index is 1.48. The first-order valence-corrected chi connectivity index (χ1v) is 8.23. The Kier molecular flexibility index (Phi) is 4.15. The Morgan fingerprint density at radius 2 is 1.69 bits per heavy atom. The van der Waals surface area contributed by atoms with Crippen molar-refractivity contribution in [3.05, 3.63) is 67.0 Å². The van der Waals surface area contributed by atoms with Gasteiger partial charge in [-0.05, 0) is 18.2 Å². The van der Waals surface area contributed by atoms with E-state index in [-0.39, 0.29) is 11.8 Å². The van der Waals surface area contributed by atoms with E-state index in [9.17, 15) is 10.2 Å². The highest BCUT2D eigenvalue weighted by Crippen LogP contribution is 2.26. The van der Waals surface area contributed by atoms with E-state index in [4.69, 9.17) is 4.74 Å². The number of aromatic nitrogens is 3. The molecule has 0 spiro atoms. The molecule has 0 bridgehead atoms. The lowest BCUT2D eigenvalue weighted by Gasteiger charge is -2.10. The van der Waals surface area contributed by atoms with Crippen LogP contribution >= 0.6 is 0 Å². The minimum absolute atomic E-state index is 0.00280. The Morgan fingerprint density at radius 3 is 2.46 bits per heavy atom. The molecule has 0 amide bonds. The minimum Gasteiger partial charge on any atom is -0.494 e. The number of nitrogens with zero attached hydrogens (tertiary/aromatic N) is 3. The quantitative estimate of drug-likeness (QED) is 0.577. The summed E-state index contributed by atoms with van der Waals surface area (Å²) in [6.45, 7) is 0.631. The van der Waals surface area contributed by atoms with Gasteiger partial charge in [0.15, 0.2) is 11.8 Å². The van der Waals surface area contributed by atoms with Crippen molar-refractivity contribution < 1.29 is 14.9 Å². The maximum atomic E-state index is 9.61. The molecule has 130 valence electrons. The number of fused-ring (bicyclic) bond motifs is 1. The second kappa shape index (κ2) is 6.76. The number of benzene rings is 1. The van der Waals surface area contributed by atoms with Crippen LogP contribution in [0.2, 0.25) is 0 Å². The van der Waals surface area contributed by atoms with E-state index >= 15 is 0 Å². The first kappa shape index (κ1) is 16.0. The molecule has 0 aliphatic carbocycles. The molecule has 3 aromatic heterocycles. The molecule has 26 heavy (non-hydrogen) atoms. The largest absolute Gasteiger partial charge is 0.494 e. The minimum atomic E-state index is 0.00280. The summed E-state index contributed by atoms with van der Waals surface area (Å²) in [6, 6.07) is 16.6. The third kappa shape index (κ3) is 3.04. The predicted molar refractivity (Wildman–Crippen MR) is 98.2 cm³/mol. The van der Waals surface area contributed by atoms with Crippen LogP contribution < -0.4 is 4.74 Å². The molecular formula is C20H17N3O3. The van der Waals surface area contributed by atoms with E-state index in [0.717, 1.165) is 22.2 Å². The first-order valence-electron chi connectivity index (χ1n) is 8.23. The van der Waals surface area contributed by atoms with Gasteiger partial charge in [-0.1, -0.05) is 24.3 Å². The highest BCUT2D eigenvalue weighted by molar-refractivity contribution is 5.92. The molecule has 6 heteroatoms. The van der Waals surface area contributed by atoms with Gasteiger partial charge < -0.3 is 14.9 Å². The molecule has 1 aromatic carbocycles. The number of pyridine rings is 2. The standard InChI is InChI=1S/C20H17N3O3/c24-18-8-9-19(25)23(18)11-12-26-15-6-7-17(22-13-15)16-5-1-3-14-4-2-10-21-20(14)16/h1-10,13,24-25H,11-12H2. The fourth-order valence-corrected chi connectivity index (χ4v) is 2.87. The average molecular weight is 347 g/mol. The number of aromatic hydroxyl groups is 2. The zero-order valence-electron chi connectivity index (χ0n) is 13.9. The Labute approximate surface area is 150 Å². The number of hydrogen-bond acceptors (Lipinski definition) is 5. The van der Waals surface area contributed by atoms with Crippen LogP contribution in [0.5, 0.6) is 17.5 Å². The lowest BCUT2D eigenvalue weighted by molar-refractivity contribution is 0.274. The maximum absolute atomic E-state index is 9.61. The van der Waals surface area contributed by atoms with Gasteiger partial charge in [-0.3, -0.25) is 14.5 Å². The van der Waals surface area contributed by atoms with E-state index in [1.165, 1.54) is 16.7 Å². The molecule has 4 rings (SSSR count). The van der Waals surface area contributed by atoms with Gasteiger partial charge in [0, 0.05) is 29.3 Å². The molecule has 0 radical (unpaired) electrons. The van der Waals surface area contributed by atoms with Crippen molar-refractivity contribution in [2.75, 3.05) is 6.61 Å². The van der Waals surface area contributed by atoms with E-state index in [0.29, 0.717) is 18.9 Å². The second-order valence-corrected chi connectivity index (χ2v) is 5.81. The summed E-state index contributed by atoms with van der Waals surface area (Å²) in [5.41, 5.74) is 2.70. The molecule has 0 fully saturated rings. The smallest absolute Gasteiger partial charge is 0.193 e. The topological polar surface area (TPSA) is 80.4 Å². The molecule has 0 saturated carbocycles. The first-order chi connectivity index (χ1) is 12.7. The zero-order valence-corrected chi connectivity index (χ0v) is 13.9. The summed E-state index contributed by atoms with van der Waals surface area (Å²) in [4.78, 5) is 8.93. The summed E-state index contributed by atoms with van der Waals surface area (Å²) >= 11 is 0. The average Bonchev–Trinajstić information content (AvgIpc) is 3.00. The van der Waals surface area contributed by atoms with Gasteiger partial charge in [-0.2, -0.15) is 0 Å². The van der Waals surface area contributed by atoms with Crippen molar-refractivity contribution in [3.63, 3.8) is 0 Å². The van der Waals surface area contributed by atoms with Crippen LogP contribution in [-0.2, 0) is 6.54 Å². The van der Waals surface area contributed by atoms with Gasteiger partial charge in [0.2, 0.25) is 0 Å². The van der Waals surface area contributed by atoms with Crippen molar-refractivity contribution in [2.45, 2.75) is 6.54 Å². The van der Waals surface area contributed by atoms with Gasteiger partial charge in [0.25, 0.3) is 0 Å². The van der Waals surface area contributed by atoms with Crippen LogP contribution in [0.15, 0.2) is 67.0 Å². The molecule has 2 N–H and O–H groups in total. The molecule has 0 saturated heterocycles. The SMILES string of the molecule is Oc1ccc(O)n1CCOc1ccc(-c2cccc3cccnc23)nc1. The monoisotopic (exact) mass is 347 g/mol. The van der Waals surface area contributed by atoms with Crippen molar-refractivity contribution >= 4 is 10.9 Å². The number of ether oxygens (including phenoxy) is 1. The van der Waals surface area contributed by atoms with E-state index in [1.807, 2.05) is 42.5 Å². The van der Waals surface area contributed by atoms with Gasteiger partial charge >= 0.3 is 0 Å². The van der Waals surface area contributed by atoms with Crippen molar-refractivity contribution in [1.82, 2.24) is 14.5 Å². The molecule has 0 unspecified atom stereocenters. The fourth-order valence-electron chi connectivity index (χ4n) is 2.87. The van der Waals surface area contributed by atoms with Crippen LogP contribution in [0.3, 0.4) is 0 Å². The Morgan fingerprint density at radius 1 is 0.885 bits per heavy atom. The number of hydrogen-bond donors (Lipinski definition) is 2. The molecule has 3 heterocycles. The van der Waals surface area contributed by atoms with E-state index in [2.05, 4.69) is 9.97 Å². The van der Waals surface area contributed by atoms with E-state index in [1.54, 1.807) is 12.4 Å². The summed E-state index contributed by atoms with van der Waals surface area (Å²) in [7, 11) is 0. The van der Waals surface area contributed by atoms with Crippen LogP contribution in [0, 0.1) is 0 Å². The van der Waals surface area contributed by atoms with Crippen molar-refractivity contribution in [2.24, 2.45) is 0 Å². The fraction of sp³-hybridized carbons (Fsp3) is 0.100. The molecule has 6 nitrogen and oxygen atoms in total. The summed E-state index contributed by atoms with van der Waals surface area (Å²) in [5.74, 6) is 0.624. The highest BCUT2D eigenvalue weighted by Gasteiger charge is 2.07. The molecule has 4 aromatic rings. The second-order valence-electron chi connectivity index (χ2n) is 5.81. The highest BCUT2D eigenvalue weighted by atomic mass is 16.5. The van der Waals surface area contributed by atoms with Gasteiger partial charge in [0.1, 0.15) is 12.4 Å². The van der Waals surface area contributed by atoms with Gasteiger partial charge in [0.05, 0.1) is 24.0 Å². The number of rotatable bonds is 5. The third-order valence-electron chi connectivity index (χ3n) is 4.16. The Hall–Kier alpha value is -3.54. The summed E-state index contributed by atoms with van der Waals surface area (Å²) in [6.07, 6.45) is 3.43. The molecule has 0 aliphatic heterocycles. The molecule has 0 atom stereocenters. The maximum Gasteiger partial charge on any atom is 0.193 e.